The van der Waals surface area contributed by atoms with E-state index in [1.165, 1.54) is 5.56 Å². The number of hydrogen-bond donors (Lipinski definition) is 0. The van der Waals surface area contributed by atoms with Crippen molar-refractivity contribution in [2.24, 2.45) is 0 Å². The molecule has 0 saturated carbocycles. The highest BCUT2D eigenvalue weighted by Gasteiger charge is 2.19. The lowest BCUT2D eigenvalue weighted by molar-refractivity contribution is -0.130. The molecular formula is C23H29NO4. The molecule has 0 fully saturated rings. The molecule has 0 aromatic heterocycles. The second-order valence-electron chi connectivity index (χ2n) is 6.25. The predicted molar refractivity (Wildman–Crippen MR) is 112 cm³/mol. The number of benzene rings is 2. The van der Waals surface area contributed by atoms with Gasteiger partial charge in [-0.1, -0.05) is 30.3 Å². The van der Waals surface area contributed by atoms with Crippen LogP contribution in [0.4, 0.5) is 0 Å². The monoisotopic (exact) mass is 383 g/mol. The number of ether oxygens (including phenoxy) is 3. The summed E-state index contributed by atoms with van der Waals surface area (Å²) < 4.78 is 16.0. The van der Waals surface area contributed by atoms with Crippen molar-refractivity contribution in [3.63, 3.8) is 0 Å². The summed E-state index contributed by atoms with van der Waals surface area (Å²) >= 11 is 0. The van der Waals surface area contributed by atoms with Gasteiger partial charge in [-0.05, 0) is 36.6 Å². The molecular weight excluding hydrogens is 354 g/mol. The lowest BCUT2D eigenvalue weighted by Gasteiger charge is -2.25. The van der Waals surface area contributed by atoms with Gasteiger partial charge in [-0.2, -0.15) is 0 Å². The Bertz CT molecular complexity index is 746. The Balaban J connectivity index is 0.00000190. The molecule has 0 radical (unpaired) electrons. The Morgan fingerprint density at radius 3 is 1.96 bits per heavy atom. The molecule has 0 aliphatic carbocycles. The molecule has 0 bridgehead atoms. The summed E-state index contributed by atoms with van der Waals surface area (Å²) in [5, 5.41) is 0. The minimum atomic E-state index is 0.0442. The van der Waals surface area contributed by atoms with E-state index < -0.39 is 0 Å². The Morgan fingerprint density at radius 1 is 0.964 bits per heavy atom. The molecule has 28 heavy (non-hydrogen) atoms. The van der Waals surface area contributed by atoms with E-state index >= 15 is 0 Å². The van der Waals surface area contributed by atoms with E-state index in [1.54, 1.807) is 26.2 Å². The molecule has 5 nitrogen and oxygen atoms in total. The fourth-order valence-corrected chi connectivity index (χ4v) is 2.87. The summed E-state index contributed by atoms with van der Waals surface area (Å²) in [4.78, 5) is 14.5. The lowest BCUT2D eigenvalue weighted by atomic mass is 10.0. The van der Waals surface area contributed by atoms with Crippen molar-refractivity contribution >= 4 is 5.91 Å². The van der Waals surface area contributed by atoms with Crippen molar-refractivity contribution in [1.29, 1.82) is 0 Å². The fraction of sp³-hybridized carbons (Fsp3) is 0.348. The standard InChI is InChI=1S/C21H27NO4.C2H2/c1-15(11-16-9-7-6-8-10-16)22(2)20(23)14-17-12-18(24-3)21(26-5)19(13-17)25-4;1-2/h6-10,12-13,15H,11,14H2,1-5H3;1-2H/t15-;/m0./s1. The van der Waals surface area contributed by atoms with E-state index in [1.807, 2.05) is 37.4 Å². The average Bonchev–Trinajstić information content (AvgIpc) is 2.74. The second-order valence-corrected chi connectivity index (χ2v) is 6.25. The van der Waals surface area contributed by atoms with Gasteiger partial charge in [-0.25, -0.2) is 0 Å². The number of rotatable bonds is 8. The van der Waals surface area contributed by atoms with Gasteiger partial charge in [-0.15, -0.1) is 12.8 Å². The highest BCUT2D eigenvalue weighted by molar-refractivity contribution is 5.79. The van der Waals surface area contributed by atoms with Crippen LogP contribution in [0.1, 0.15) is 18.1 Å². The fourth-order valence-electron chi connectivity index (χ4n) is 2.87. The third-order valence-electron chi connectivity index (χ3n) is 4.51. The molecule has 2 aromatic carbocycles. The van der Waals surface area contributed by atoms with Crippen LogP contribution in [-0.2, 0) is 17.6 Å². The van der Waals surface area contributed by atoms with Crippen LogP contribution < -0.4 is 14.2 Å². The van der Waals surface area contributed by atoms with Crippen LogP contribution in [0, 0.1) is 12.8 Å². The van der Waals surface area contributed by atoms with E-state index in [0.717, 1.165) is 12.0 Å². The van der Waals surface area contributed by atoms with Crippen molar-refractivity contribution in [1.82, 2.24) is 4.90 Å². The quantitative estimate of drug-likeness (QED) is 0.654. The molecule has 0 unspecified atom stereocenters. The zero-order valence-corrected chi connectivity index (χ0v) is 17.3. The van der Waals surface area contributed by atoms with Crippen molar-refractivity contribution < 1.29 is 19.0 Å². The van der Waals surface area contributed by atoms with Crippen LogP contribution in [0.15, 0.2) is 42.5 Å². The van der Waals surface area contributed by atoms with Crippen LogP contribution in [0.5, 0.6) is 17.2 Å². The van der Waals surface area contributed by atoms with E-state index in [2.05, 4.69) is 31.9 Å². The number of hydrogen-bond acceptors (Lipinski definition) is 4. The molecule has 0 saturated heterocycles. The highest BCUT2D eigenvalue weighted by atomic mass is 16.5. The van der Waals surface area contributed by atoms with Gasteiger partial charge in [0.2, 0.25) is 11.7 Å². The highest BCUT2D eigenvalue weighted by Crippen LogP contribution is 2.38. The summed E-state index contributed by atoms with van der Waals surface area (Å²) in [6.45, 7) is 2.06. The lowest BCUT2D eigenvalue weighted by Crippen LogP contribution is -2.37. The normalized spacial score (nSPS) is 10.8. The number of likely N-dealkylation sites (N-methyl/N-ethyl adjacent to an activating group) is 1. The van der Waals surface area contributed by atoms with Crippen LogP contribution >= 0.6 is 0 Å². The molecule has 0 aliphatic rings. The number of carbonyl (C=O) groups excluding carboxylic acids is 1. The van der Waals surface area contributed by atoms with Gasteiger partial charge in [0.25, 0.3) is 0 Å². The largest absolute Gasteiger partial charge is 0.493 e. The number of amides is 1. The number of methoxy groups -OCH3 is 3. The summed E-state index contributed by atoms with van der Waals surface area (Å²) in [5.41, 5.74) is 2.04. The minimum absolute atomic E-state index is 0.0442. The van der Waals surface area contributed by atoms with Crippen molar-refractivity contribution in [3.8, 4) is 30.1 Å². The van der Waals surface area contributed by atoms with Crippen LogP contribution in [0.25, 0.3) is 0 Å². The molecule has 1 amide bonds. The van der Waals surface area contributed by atoms with Gasteiger partial charge in [-0.3, -0.25) is 4.79 Å². The molecule has 0 aliphatic heterocycles. The van der Waals surface area contributed by atoms with Gasteiger partial charge in [0.1, 0.15) is 0 Å². The molecule has 0 heterocycles. The zero-order valence-electron chi connectivity index (χ0n) is 17.3. The maximum Gasteiger partial charge on any atom is 0.226 e. The molecule has 2 aromatic rings. The first kappa shape index (κ1) is 22.9. The third kappa shape index (κ3) is 5.95. The summed E-state index contributed by atoms with van der Waals surface area (Å²) in [7, 11) is 6.53. The van der Waals surface area contributed by atoms with Crippen molar-refractivity contribution in [2.75, 3.05) is 28.4 Å². The number of terminal acetylenes is 1. The second kappa shape index (κ2) is 11.6. The van der Waals surface area contributed by atoms with E-state index in [-0.39, 0.29) is 18.4 Å². The first-order valence-corrected chi connectivity index (χ1v) is 8.92. The van der Waals surface area contributed by atoms with Crippen LogP contribution in [0.3, 0.4) is 0 Å². The molecule has 0 N–H and O–H groups in total. The Kier molecular flexibility index (Phi) is 9.45. The molecule has 150 valence electrons. The minimum Gasteiger partial charge on any atom is -0.493 e. The smallest absolute Gasteiger partial charge is 0.226 e. The zero-order chi connectivity index (χ0) is 21.1. The number of carbonyl (C=O) groups is 1. The molecule has 2 rings (SSSR count). The van der Waals surface area contributed by atoms with Crippen LogP contribution in [0.2, 0.25) is 0 Å². The first-order valence-electron chi connectivity index (χ1n) is 8.92. The molecule has 5 heteroatoms. The van der Waals surface area contributed by atoms with E-state index in [4.69, 9.17) is 14.2 Å². The Labute approximate surface area is 168 Å². The van der Waals surface area contributed by atoms with Crippen molar-refractivity contribution in [2.45, 2.75) is 25.8 Å². The maximum atomic E-state index is 12.7. The topological polar surface area (TPSA) is 48.0 Å². The first-order chi connectivity index (χ1) is 13.5. The summed E-state index contributed by atoms with van der Waals surface area (Å²) in [5.74, 6) is 1.67. The van der Waals surface area contributed by atoms with Gasteiger partial charge in [0.15, 0.2) is 11.5 Å². The summed E-state index contributed by atoms with van der Waals surface area (Å²) in [6.07, 6.45) is 9.09. The van der Waals surface area contributed by atoms with Gasteiger partial charge >= 0.3 is 0 Å². The van der Waals surface area contributed by atoms with Crippen molar-refractivity contribution in [3.05, 3.63) is 53.6 Å². The predicted octanol–water partition coefficient (Wildman–Crippen LogP) is 3.59. The molecule has 1 atom stereocenters. The SMILES string of the molecule is C#C.COc1cc(CC(=O)N(C)[C@@H](C)Cc2ccccc2)cc(OC)c1OC. The van der Waals surface area contributed by atoms with Crippen LogP contribution in [-0.4, -0.2) is 45.2 Å². The Hall–Kier alpha value is -3.13. The number of nitrogens with zero attached hydrogens (tertiary/aromatic N) is 1. The van der Waals surface area contributed by atoms with E-state index in [9.17, 15) is 4.79 Å². The van der Waals surface area contributed by atoms with Gasteiger partial charge < -0.3 is 19.1 Å². The third-order valence-corrected chi connectivity index (χ3v) is 4.51. The van der Waals surface area contributed by atoms with Gasteiger partial charge in [0, 0.05) is 13.1 Å². The summed E-state index contributed by atoms with van der Waals surface area (Å²) in [6, 6.07) is 13.9. The maximum absolute atomic E-state index is 12.7. The Morgan fingerprint density at radius 2 is 1.50 bits per heavy atom. The van der Waals surface area contributed by atoms with Gasteiger partial charge in [0.05, 0.1) is 27.8 Å². The molecule has 0 spiro atoms. The average molecular weight is 383 g/mol. The van der Waals surface area contributed by atoms with E-state index in [0.29, 0.717) is 17.2 Å².